The number of aliphatic hydroxyl groups is 1. The number of aliphatic hydroxyl groups excluding tert-OH is 1. The minimum Gasteiger partial charge on any atom is -0.439 e. The molecule has 0 bridgehead atoms. The van der Waals surface area contributed by atoms with Crippen LogP contribution in [0.5, 0.6) is 11.6 Å². The number of aryl methyl sites for hydroxylation is 1. The molecule has 0 spiro atoms. The molecule has 0 aliphatic carbocycles. The first kappa shape index (κ1) is 17.4. The van der Waals surface area contributed by atoms with Crippen LogP contribution in [-0.4, -0.2) is 10.1 Å². The third-order valence-corrected chi connectivity index (χ3v) is 4.20. The maximum Gasteiger partial charge on any atom is 0.225 e. The SMILES string of the molecule is OC(CCc1ccccc1Cl)c1cccnc1Oc1ccc(F)cc1. The Morgan fingerprint density at radius 2 is 1.80 bits per heavy atom. The van der Waals surface area contributed by atoms with Crippen LogP contribution in [0.3, 0.4) is 0 Å². The molecule has 1 aromatic heterocycles. The van der Waals surface area contributed by atoms with E-state index in [0.29, 0.717) is 35.1 Å². The van der Waals surface area contributed by atoms with Crippen LogP contribution in [-0.2, 0) is 6.42 Å². The lowest BCUT2D eigenvalue weighted by Crippen LogP contribution is -2.03. The maximum absolute atomic E-state index is 13.0. The number of pyridine rings is 1. The van der Waals surface area contributed by atoms with E-state index < -0.39 is 6.10 Å². The summed E-state index contributed by atoms with van der Waals surface area (Å²) >= 11 is 6.16. The van der Waals surface area contributed by atoms with E-state index in [2.05, 4.69) is 4.98 Å². The average Bonchev–Trinajstić information content (AvgIpc) is 2.63. The first-order valence-electron chi connectivity index (χ1n) is 7.93. The zero-order valence-corrected chi connectivity index (χ0v) is 14.2. The number of benzene rings is 2. The molecule has 5 heteroatoms. The number of hydrogen-bond acceptors (Lipinski definition) is 3. The Morgan fingerprint density at radius 1 is 1.04 bits per heavy atom. The number of nitrogens with zero attached hydrogens (tertiary/aromatic N) is 1. The Hall–Kier alpha value is -2.43. The van der Waals surface area contributed by atoms with Crippen molar-refractivity contribution in [2.45, 2.75) is 18.9 Å². The summed E-state index contributed by atoms with van der Waals surface area (Å²) in [6.07, 6.45) is 1.95. The highest BCUT2D eigenvalue weighted by Crippen LogP contribution is 2.30. The van der Waals surface area contributed by atoms with Gasteiger partial charge in [-0.05, 0) is 60.9 Å². The molecule has 1 atom stereocenters. The molecule has 0 aliphatic rings. The molecule has 0 fully saturated rings. The molecule has 25 heavy (non-hydrogen) atoms. The van der Waals surface area contributed by atoms with Crippen LogP contribution in [0, 0.1) is 5.82 Å². The fourth-order valence-corrected chi connectivity index (χ4v) is 2.74. The lowest BCUT2D eigenvalue weighted by molar-refractivity contribution is 0.164. The number of rotatable bonds is 6. The van der Waals surface area contributed by atoms with Crippen LogP contribution in [0.15, 0.2) is 66.9 Å². The molecule has 3 rings (SSSR count). The topological polar surface area (TPSA) is 42.4 Å². The smallest absolute Gasteiger partial charge is 0.225 e. The maximum atomic E-state index is 13.0. The van der Waals surface area contributed by atoms with Gasteiger partial charge in [-0.25, -0.2) is 9.37 Å². The first-order valence-corrected chi connectivity index (χ1v) is 8.31. The summed E-state index contributed by atoms with van der Waals surface area (Å²) in [5, 5.41) is 11.2. The summed E-state index contributed by atoms with van der Waals surface area (Å²) in [6, 6.07) is 16.7. The Kier molecular flexibility index (Phi) is 5.64. The van der Waals surface area contributed by atoms with Crippen LogP contribution < -0.4 is 4.74 Å². The second kappa shape index (κ2) is 8.10. The van der Waals surface area contributed by atoms with E-state index in [-0.39, 0.29) is 5.82 Å². The van der Waals surface area contributed by atoms with E-state index in [0.717, 1.165) is 5.56 Å². The highest BCUT2D eigenvalue weighted by atomic mass is 35.5. The minimum absolute atomic E-state index is 0.306. The van der Waals surface area contributed by atoms with Gasteiger partial charge in [-0.3, -0.25) is 0 Å². The lowest BCUT2D eigenvalue weighted by atomic mass is 10.0. The van der Waals surface area contributed by atoms with Gasteiger partial charge in [0, 0.05) is 16.8 Å². The number of halogens is 2. The van der Waals surface area contributed by atoms with E-state index in [1.807, 2.05) is 24.3 Å². The molecule has 3 aromatic rings. The van der Waals surface area contributed by atoms with Crippen LogP contribution in [0.25, 0.3) is 0 Å². The Bertz CT molecular complexity index is 839. The van der Waals surface area contributed by atoms with Crippen molar-refractivity contribution in [2.75, 3.05) is 0 Å². The van der Waals surface area contributed by atoms with Crippen molar-refractivity contribution in [3.05, 3.63) is 88.8 Å². The monoisotopic (exact) mass is 357 g/mol. The number of aromatic nitrogens is 1. The Balaban J connectivity index is 1.73. The molecule has 0 saturated heterocycles. The van der Waals surface area contributed by atoms with Gasteiger partial charge in [0.15, 0.2) is 0 Å². The fraction of sp³-hybridized carbons (Fsp3) is 0.150. The number of ether oxygens (including phenoxy) is 1. The Morgan fingerprint density at radius 3 is 2.56 bits per heavy atom. The third-order valence-electron chi connectivity index (χ3n) is 3.83. The second-order valence-corrected chi connectivity index (χ2v) is 6.01. The van der Waals surface area contributed by atoms with E-state index in [4.69, 9.17) is 16.3 Å². The van der Waals surface area contributed by atoms with Crippen molar-refractivity contribution in [2.24, 2.45) is 0 Å². The van der Waals surface area contributed by atoms with E-state index in [1.165, 1.54) is 24.3 Å². The van der Waals surface area contributed by atoms with Crippen LogP contribution in [0.4, 0.5) is 4.39 Å². The quantitative estimate of drug-likeness (QED) is 0.648. The molecule has 3 nitrogen and oxygen atoms in total. The van der Waals surface area contributed by atoms with Gasteiger partial charge in [0.25, 0.3) is 0 Å². The minimum atomic E-state index is -0.750. The predicted octanol–water partition coefficient (Wildman–Crippen LogP) is 5.33. The molecule has 0 amide bonds. The molecular formula is C20H17ClFNO2. The summed E-state index contributed by atoms with van der Waals surface area (Å²) in [5.74, 6) is 0.425. The van der Waals surface area contributed by atoms with Gasteiger partial charge >= 0.3 is 0 Å². The van der Waals surface area contributed by atoms with Crippen LogP contribution in [0.1, 0.15) is 23.7 Å². The van der Waals surface area contributed by atoms with Crippen LogP contribution in [0.2, 0.25) is 5.02 Å². The zero-order valence-electron chi connectivity index (χ0n) is 13.4. The molecule has 0 radical (unpaired) electrons. The average molecular weight is 358 g/mol. The summed E-state index contributed by atoms with van der Waals surface area (Å²) in [4.78, 5) is 4.19. The van der Waals surface area contributed by atoms with Gasteiger partial charge < -0.3 is 9.84 Å². The van der Waals surface area contributed by atoms with E-state index in [9.17, 15) is 9.50 Å². The number of hydrogen-bond donors (Lipinski definition) is 1. The normalized spacial score (nSPS) is 12.0. The molecule has 0 aliphatic heterocycles. The largest absolute Gasteiger partial charge is 0.439 e. The molecule has 1 unspecified atom stereocenters. The van der Waals surface area contributed by atoms with Gasteiger partial charge in [-0.1, -0.05) is 29.8 Å². The van der Waals surface area contributed by atoms with Crippen molar-refractivity contribution < 1.29 is 14.2 Å². The predicted molar refractivity (Wildman–Crippen MR) is 95.4 cm³/mol. The molecule has 2 aromatic carbocycles. The Labute approximate surface area is 150 Å². The fourth-order valence-electron chi connectivity index (χ4n) is 2.51. The summed E-state index contributed by atoms with van der Waals surface area (Å²) in [5.41, 5.74) is 1.56. The molecule has 128 valence electrons. The first-order chi connectivity index (χ1) is 12.1. The van der Waals surface area contributed by atoms with Gasteiger partial charge in [-0.15, -0.1) is 0 Å². The lowest BCUT2D eigenvalue weighted by Gasteiger charge is -2.15. The standard InChI is InChI=1S/C20H17ClFNO2/c21-18-6-2-1-4-14(18)7-12-19(24)17-5-3-13-23-20(17)25-16-10-8-15(22)9-11-16/h1-6,8-11,13,19,24H,7,12H2. The highest BCUT2D eigenvalue weighted by molar-refractivity contribution is 6.31. The summed E-state index contributed by atoms with van der Waals surface area (Å²) in [6.45, 7) is 0. The van der Waals surface area contributed by atoms with Gasteiger partial charge in [0.05, 0.1) is 6.10 Å². The van der Waals surface area contributed by atoms with Crippen LogP contribution >= 0.6 is 11.6 Å². The van der Waals surface area contributed by atoms with Crippen molar-refractivity contribution in [1.82, 2.24) is 4.98 Å². The molecular weight excluding hydrogens is 341 g/mol. The zero-order chi connectivity index (χ0) is 17.6. The van der Waals surface area contributed by atoms with E-state index in [1.54, 1.807) is 18.3 Å². The molecule has 1 heterocycles. The van der Waals surface area contributed by atoms with Gasteiger partial charge in [0.1, 0.15) is 11.6 Å². The third kappa shape index (κ3) is 4.56. The van der Waals surface area contributed by atoms with Crippen molar-refractivity contribution in [3.8, 4) is 11.6 Å². The summed E-state index contributed by atoms with van der Waals surface area (Å²) in [7, 11) is 0. The second-order valence-electron chi connectivity index (χ2n) is 5.60. The van der Waals surface area contributed by atoms with Gasteiger partial charge in [-0.2, -0.15) is 0 Å². The van der Waals surface area contributed by atoms with Crippen molar-refractivity contribution >= 4 is 11.6 Å². The van der Waals surface area contributed by atoms with E-state index >= 15 is 0 Å². The van der Waals surface area contributed by atoms with Crippen molar-refractivity contribution in [1.29, 1.82) is 0 Å². The highest BCUT2D eigenvalue weighted by Gasteiger charge is 2.16. The molecule has 0 saturated carbocycles. The summed E-state index contributed by atoms with van der Waals surface area (Å²) < 4.78 is 18.7. The molecule has 1 N–H and O–H groups in total. The van der Waals surface area contributed by atoms with Gasteiger partial charge in [0.2, 0.25) is 5.88 Å². The van der Waals surface area contributed by atoms with Crippen molar-refractivity contribution in [3.63, 3.8) is 0 Å².